The van der Waals surface area contributed by atoms with Gasteiger partial charge in [-0.2, -0.15) is 0 Å². The van der Waals surface area contributed by atoms with Gasteiger partial charge in [0.1, 0.15) is 0 Å². The van der Waals surface area contributed by atoms with Gasteiger partial charge < -0.3 is 5.32 Å². The number of anilines is 2. The standard InChI is InChI=1S/C22H21N3O/c1-14-9-11-17(12-10-14)25-21(20-18(22(25)26)7-5-13-23-20)24-19-8-4-6-15(2)16(19)3/h4-13,21,24H,1-3H3/t21-/m0/s1. The fourth-order valence-electron chi connectivity index (χ4n) is 3.34. The molecule has 2 heterocycles. The number of rotatable bonds is 3. The van der Waals surface area contributed by atoms with E-state index in [0.717, 1.165) is 22.6 Å². The molecular weight excluding hydrogens is 322 g/mol. The number of carbonyl (C=O) groups excluding carboxylic acids is 1. The summed E-state index contributed by atoms with van der Waals surface area (Å²) in [4.78, 5) is 19.4. The van der Waals surface area contributed by atoms with E-state index in [1.54, 1.807) is 11.1 Å². The minimum atomic E-state index is -0.332. The number of aryl methyl sites for hydroxylation is 2. The molecule has 0 aliphatic carbocycles. The fraction of sp³-hybridized carbons (Fsp3) is 0.182. The van der Waals surface area contributed by atoms with Crippen LogP contribution in [0.2, 0.25) is 0 Å². The summed E-state index contributed by atoms with van der Waals surface area (Å²) in [5.74, 6) is -0.0280. The average Bonchev–Trinajstić information content (AvgIpc) is 2.92. The number of nitrogens with one attached hydrogen (secondary N) is 1. The molecule has 1 atom stereocenters. The lowest BCUT2D eigenvalue weighted by atomic mass is 10.1. The molecule has 2 aromatic carbocycles. The Hall–Kier alpha value is -3.14. The lowest BCUT2D eigenvalue weighted by Crippen LogP contribution is -2.32. The van der Waals surface area contributed by atoms with Gasteiger partial charge in [-0.05, 0) is 62.2 Å². The van der Waals surface area contributed by atoms with Crippen molar-refractivity contribution in [2.75, 3.05) is 10.2 Å². The van der Waals surface area contributed by atoms with E-state index in [-0.39, 0.29) is 12.1 Å². The van der Waals surface area contributed by atoms with Crippen molar-refractivity contribution < 1.29 is 4.79 Å². The highest BCUT2D eigenvalue weighted by atomic mass is 16.2. The van der Waals surface area contributed by atoms with Crippen LogP contribution in [0, 0.1) is 20.8 Å². The zero-order valence-electron chi connectivity index (χ0n) is 15.2. The minimum absolute atomic E-state index is 0.0280. The van der Waals surface area contributed by atoms with Gasteiger partial charge in [0.15, 0.2) is 6.17 Å². The van der Waals surface area contributed by atoms with Crippen molar-refractivity contribution in [1.29, 1.82) is 0 Å². The van der Waals surface area contributed by atoms with Crippen LogP contribution in [-0.2, 0) is 0 Å². The lowest BCUT2D eigenvalue weighted by molar-refractivity contribution is 0.0993. The molecule has 26 heavy (non-hydrogen) atoms. The Labute approximate surface area is 153 Å². The molecule has 0 bridgehead atoms. The Balaban J connectivity index is 1.81. The first kappa shape index (κ1) is 16.3. The third-order valence-electron chi connectivity index (χ3n) is 5.01. The molecular formula is C22H21N3O. The van der Waals surface area contributed by atoms with Crippen LogP contribution in [0.25, 0.3) is 0 Å². The Kier molecular flexibility index (Phi) is 3.96. The molecule has 1 aliphatic rings. The Morgan fingerprint density at radius 2 is 1.73 bits per heavy atom. The highest BCUT2D eigenvalue weighted by Crippen LogP contribution is 2.37. The van der Waals surface area contributed by atoms with Gasteiger partial charge in [0.25, 0.3) is 5.91 Å². The van der Waals surface area contributed by atoms with E-state index in [9.17, 15) is 4.79 Å². The lowest BCUT2D eigenvalue weighted by Gasteiger charge is -2.27. The summed E-state index contributed by atoms with van der Waals surface area (Å²) in [6.45, 7) is 6.21. The molecule has 4 heteroatoms. The van der Waals surface area contributed by atoms with Gasteiger partial charge in [-0.25, -0.2) is 0 Å². The second-order valence-corrected chi connectivity index (χ2v) is 6.74. The highest BCUT2D eigenvalue weighted by Gasteiger charge is 2.39. The van der Waals surface area contributed by atoms with Gasteiger partial charge in [-0.1, -0.05) is 29.8 Å². The zero-order chi connectivity index (χ0) is 18.3. The first-order valence-electron chi connectivity index (χ1n) is 8.74. The summed E-state index contributed by atoms with van der Waals surface area (Å²) >= 11 is 0. The van der Waals surface area contributed by atoms with Gasteiger partial charge in [-0.3, -0.25) is 14.7 Å². The van der Waals surface area contributed by atoms with Gasteiger partial charge in [0.05, 0.1) is 11.3 Å². The fourth-order valence-corrected chi connectivity index (χ4v) is 3.34. The van der Waals surface area contributed by atoms with Crippen LogP contribution in [0.15, 0.2) is 60.8 Å². The predicted molar refractivity (Wildman–Crippen MR) is 105 cm³/mol. The van der Waals surface area contributed by atoms with Gasteiger partial charge >= 0.3 is 0 Å². The summed E-state index contributed by atoms with van der Waals surface area (Å²) in [7, 11) is 0. The van der Waals surface area contributed by atoms with Crippen LogP contribution in [0.3, 0.4) is 0 Å². The molecule has 0 radical (unpaired) electrons. The van der Waals surface area contributed by atoms with Gasteiger partial charge in [-0.15, -0.1) is 0 Å². The largest absolute Gasteiger partial charge is 0.360 e. The smallest absolute Gasteiger partial charge is 0.262 e. The summed E-state index contributed by atoms with van der Waals surface area (Å²) in [5, 5.41) is 3.54. The number of nitrogens with zero attached hydrogens (tertiary/aromatic N) is 2. The number of carbonyl (C=O) groups is 1. The molecule has 0 fully saturated rings. The van der Waals surface area contributed by atoms with E-state index in [2.05, 4.69) is 30.2 Å². The van der Waals surface area contributed by atoms with Crippen molar-refractivity contribution >= 4 is 17.3 Å². The minimum Gasteiger partial charge on any atom is -0.360 e. The molecule has 1 aliphatic heterocycles. The summed E-state index contributed by atoms with van der Waals surface area (Å²) in [6, 6.07) is 17.8. The monoisotopic (exact) mass is 343 g/mol. The van der Waals surface area contributed by atoms with Crippen LogP contribution in [-0.4, -0.2) is 10.9 Å². The topological polar surface area (TPSA) is 45.2 Å². The highest BCUT2D eigenvalue weighted by molar-refractivity contribution is 6.11. The third-order valence-corrected chi connectivity index (χ3v) is 5.01. The molecule has 0 saturated heterocycles. The van der Waals surface area contributed by atoms with E-state index < -0.39 is 0 Å². The molecule has 1 N–H and O–H groups in total. The van der Waals surface area contributed by atoms with Crippen LogP contribution in [0.5, 0.6) is 0 Å². The summed E-state index contributed by atoms with van der Waals surface area (Å²) < 4.78 is 0. The molecule has 0 unspecified atom stereocenters. The number of fused-ring (bicyclic) bond motifs is 1. The summed E-state index contributed by atoms with van der Waals surface area (Å²) in [6.07, 6.45) is 1.41. The van der Waals surface area contributed by atoms with Gasteiger partial charge in [0, 0.05) is 17.6 Å². The molecule has 3 aromatic rings. The molecule has 1 aromatic heterocycles. The maximum atomic E-state index is 13.1. The Bertz CT molecular complexity index is 979. The van der Waals surface area contributed by atoms with Crippen LogP contribution in [0.4, 0.5) is 11.4 Å². The van der Waals surface area contributed by atoms with Crippen molar-refractivity contribution in [1.82, 2.24) is 4.98 Å². The first-order chi connectivity index (χ1) is 12.6. The average molecular weight is 343 g/mol. The van der Waals surface area contributed by atoms with E-state index >= 15 is 0 Å². The van der Waals surface area contributed by atoms with Crippen molar-refractivity contribution in [3.05, 3.63) is 88.7 Å². The maximum absolute atomic E-state index is 13.1. The first-order valence-corrected chi connectivity index (χ1v) is 8.74. The number of aromatic nitrogens is 1. The van der Waals surface area contributed by atoms with Gasteiger partial charge in [0.2, 0.25) is 0 Å². The van der Waals surface area contributed by atoms with Crippen LogP contribution in [0.1, 0.15) is 38.9 Å². The summed E-state index contributed by atoms with van der Waals surface area (Å²) in [5.41, 5.74) is 6.83. The van der Waals surface area contributed by atoms with Crippen molar-refractivity contribution in [2.45, 2.75) is 26.9 Å². The second kappa shape index (κ2) is 6.30. The second-order valence-electron chi connectivity index (χ2n) is 6.74. The number of benzene rings is 2. The van der Waals surface area contributed by atoms with Crippen molar-refractivity contribution in [3.8, 4) is 0 Å². The molecule has 0 spiro atoms. The molecule has 4 nitrogen and oxygen atoms in total. The third kappa shape index (κ3) is 2.64. The Morgan fingerprint density at radius 3 is 2.50 bits per heavy atom. The van der Waals surface area contributed by atoms with E-state index in [0.29, 0.717) is 5.56 Å². The molecule has 0 saturated carbocycles. The number of amides is 1. The zero-order valence-corrected chi connectivity index (χ0v) is 15.2. The van der Waals surface area contributed by atoms with E-state index in [4.69, 9.17) is 0 Å². The predicted octanol–water partition coefficient (Wildman–Crippen LogP) is 4.78. The molecule has 1 amide bonds. The molecule has 130 valence electrons. The van der Waals surface area contributed by atoms with E-state index in [1.807, 2.05) is 55.5 Å². The maximum Gasteiger partial charge on any atom is 0.262 e. The normalized spacial score (nSPS) is 15.9. The van der Waals surface area contributed by atoms with Crippen molar-refractivity contribution in [2.24, 2.45) is 0 Å². The quantitative estimate of drug-likeness (QED) is 0.744. The number of hydrogen-bond acceptors (Lipinski definition) is 3. The number of pyridine rings is 1. The van der Waals surface area contributed by atoms with Crippen molar-refractivity contribution in [3.63, 3.8) is 0 Å². The Morgan fingerprint density at radius 1 is 0.962 bits per heavy atom. The SMILES string of the molecule is Cc1ccc(N2C(=O)c3cccnc3[C@H]2Nc2cccc(C)c2C)cc1. The number of hydrogen-bond donors (Lipinski definition) is 1. The van der Waals surface area contributed by atoms with Crippen LogP contribution < -0.4 is 10.2 Å². The van der Waals surface area contributed by atoms with Crippen LogP contribution >= 0.6 is 0 Å². The van der Waals surface area contributed by atoms with E-state index in [1.165, 1.54) is 11.1 Å². The molecule has 4 rings (SSSR count).